The number of aliphatic imine (C=N–C) groups is 1. The van der Waals surface area contributed by atoms with Crippen molar-refractivity contribution in [1.29, 1.82) is 0 Å². The second-order valence-corrected chi connectivity index (χ2v) is 13.9. The van der Waals surface area contributed by atoms with Gasteiger partial charge < -0.3 is 9.73 Å². The molecule has 2 atom stereocenters. The van der Waals surface area contributed by atoms with Crippen molar-refractivity contribution in [2.45, 2.75) is 44.1 Å². The van der Waals surface area contributed by atoms with E-state index in [0.29, 0.717) is 0 Å². The van der Waals surface area contributed by atoms with E-state index >= 15 is 0 Å². The van der Waals surface area contributed by atoms with Gasteiger partial charge in [0.05, 0.1) is 17.5 Å². The zero-order chi connectivity index (χ0) is 31.3. The number of allylic oxidation sites excluding steroid dienone is 1. The number of hydrogen-bond donors (Lipinski definition) is 1. The maximum Gasteiger partial charge on any atom is 0.135 e. The van der Waals surface area contributed by atoms with E-state index in [1.54, 1.807) is 0 Å². The second-order valence-electron chi connectivity index (χ2n) is 13.9. The van der Waals surface area contributed by atoms with Crippen LogP contribution in [0.5, 0.6) is 0 Å². The normalized spacial score (nSPS) is 19.5. The molecule has 2 heterocycles. The first-order valence-electron chi connectivity index (χ1n) is 16.8. The van der Waals surface area contributed by atoms with Gasteiger partial charge in [-0.2, -0.15) is 0 Å². The number of nitrogens with one attached hydrogen (secondary N) is 1. The molecule has 3 nitrogen and oxygen atoms in total. The smallest absolute Gasteiger partial charge is 0.135 e. The third-order valence-corrected chi connectivity index (χ3v) is 10.9. The van der Waals surface area contributed by atoms with Gasteiger partial charge in [-0.25, -0.2) is 0 Å². The Morgan fingerprint density at radius 2 is 1.38 bits per heavy atom. The van der Waals surface area contributed by atoms with Crippen molar-refractivity contribution in [2.75, 3.05) is 0 Å². The molecule has 3 aliphatic rings. The van der Waals surface area contributed by atoms with E-state index in [1.165, 1.54) is 66.5 Å². The fraction of sp³-hybridized carbons (Fsp3) is 0.159. The van der Waals surface area contributed by atoms with Gasteiger partial charge in [0.25, 0.3) is 0 Å². The maximum atomic E-state index is 6.42. The standard InChI is InChI=1S/C44H34N2O/c1-44(2)36-19-9-7-16-32(36)42-43(44)46-41(34-18-11-21-38-39(34)33-17-8-10-20-37(33)47-38)40(45-42)31-23-22-28-24-26-12-3-4-13-27(26)25-35(28)30-15-6-5-14-29(30)31/h3-21,24-25,31,41,46H,22-23H2,1-2H3. The second kappa shape index (κ2) is 9.80. The van der Waals surface area contributed by atoms with Crippen molar-refractivity contribution in [3.05, 3.63) is 161 Å². The molecule has 0 amide bonds. The van der Waals surface area contributed by atoms with Gasteiger partial charge in [0.1, 0.15) is 11.2 Å². The SMILES string of the molecule is CC1(C)C2=C(N=C(C3CCc4cc5ccccc5cc4-c4ccccc43)C(c3cccc4oc5ccccc5c34)N2)c2ccccc21. The Labute approximate surface area is 274 Å². The Kier molecular flexibility index (Phi) is 5.58. The monoisotopic (exact) mass is 606 g/mol. The molecule has 0 spiro atoms. The summed E-state index contributed by atoms with van der Waals surface area (Å²) in [6, 6.07) is 46.2. The summed E-state index contributed by atoms with van der Waals surface area (Å²) in [5.74, 6) is 0.123. The lowest BCUT2D eigenvalue weighted by Crippen LogP contribution is -2.39. The highest BCUT2D eigenvalue weighted by atomic mass is 16.3. The van der Waals surface area contributed by atoms with Crippen LogP contribution < -0.4 is 5.32 Å². The van der Waals surface area contributed by atoms with Crippen molar-refractivity contribution < 1.29 is 4.42 Å². The van der Waals surface area contributed by atoms with Crippen LogP contribution in [0.2, 0.25) is 0 Å². The Balaban J connectivity index is 1.22. The van der Waals surface area contributed by atoms with Crippen LogP contribution in [0.3, 0.4) is 0 Å². The van der Waals surface area contributed by atoms with Crippen LogP contribution in [-0.4, -0.2) is 5.71 Å². The first kappa shape index (κ1) is 26.8. The summed E-state index contributed by atoms with van der Waals surface area (Å²) in [5, 5.41) is 9.07. The quantitative estimate of drug-likeness (QED) is 0.213. The van der Waals surface area contributed by atoms with Crippen LogP contribution in [0.1, 0.15) is 60.0 Å². The number of rotatable bonds is 2. The Morgan fingerprint density at radius 1 is 0.681 bits per heavy atom. The summed E-state index contributed by atoms with van der Waals surface area (Å²) in [6.45, 7) is 4.66. The summed E-state index contributed by atoms with van der Waals surface area (Å²) >= 11 is 0. The molecule has 0 fully saturated rings. The van der Waals surface area contributed by atoms with Crippen LogP contribution >= 0.6 is 0 Å². The molecule has 0 saturated carbocycles. The Bertz CT molecular complexity index is 2490. The number of furan rings is 1. The number of nitrogens with zero attached hydrogens (tertiary/aromatic N) is 1. The van der Waals surface area contributed by atoms with Gasteiger partial charge in [-0.1, -0.05) is 123 Å². The van der Waals surface area contributed by atoms with Gasteiger partial charge in [0, 0.05) is 33.4 Å². The largest absolute Gasteiger partial charge is 0.456 e. The van der Waals surface area contributed by atoms with Gasteiger partial charge in [0.2, 0.25) is 0 Å². The third-order valence-electron chi connectivity index (χ3n) is 10.9. The molecule has 3 heteroatoms. The highest BCUT2D eigenvalue weighted by molar-refractivity contribution is 6.11. The van der Waals surface area contributed by atoms with Crippen LogP contribution in [0, 0.1) is 0 Å². The number of aryl methyl sites for hydroxylation is 1. The summed E-state index contributed by atoms with van der Waals surface area (Å²) in [5.41, 5.74) is 14.3. The predicted octanol–water partition coefficient (Wildman–Crippen LogP) is 10.9. The van der Waals surface area contributed by atoms with Crippen molar-refractivity contribution in [3.8, 4) is 11.1 Å². The zero-order valence-electron chi connectivity index (χ0n) is 26.5. The van der Waals surface area contributed by atoms with Crippen molar-refractivity contribution in [3.63, 3.8) is 0 Å². The van der Waals surface area contributed by atoms with Gasteiger partial charge in [-0.15, -0.1) is 0 Å². The minimum Gasteiger partial charge on any atom is -0.456 e. The van der Waals surface area contributed by atoms with Crippen LogP contribution in [-0.2, 0) is 11.8 Å². The molecule has 226 valence electrons. The van der Waals surface area contributed by atoms with Crippen molar-refractivity contribution in [1.82, 2.24) is 5.32 Å². The molecule has 6 aromatic carbocycles. The molecular weight excluding hydrogens is 572 g/mol. The summed E-state index contributed by atoms with van der Waals surface area (Å²) in [6.07, 6.45) is 1.97. The Hall–Kier alpha value is -5.41. The molecule has 0 bridgehead atoms. The number of benzene rings is 6. The van der Waals surface area contributed by atoms with E-state index in [-0.39, 0.29) is 17.4 Å². The fourth-order valence-corrected chi connectivity index (χ4v) is 8.69. The van der Waals surface area contributed by atoms with E-state index in [9.17, 15) is 0 Å². The molecule has 2 unspecified atom stereocenters. The predicted molar refractivity (Wildman–Crippen MR) is 194 cm³/mol. The molecule has 47 heavy (non-hydrogen) atoms. The molecule has 1 N–H and O–H groups in total. The third kappa shape index (κ3) is 3.83. The van der Waals surface area contributed by atoms with Gasteiger partial charge >= 0.3 is 0 Å². The lowest BCUT2D eigenvalue weighted by Gasteiger charge is -2.36. The lowest BCUT2D eigenvalue weighted by atomic mass is 9.79. The fourth-order valence-electron chi connectivity index (χ4n) is 8.69. The van der Waals surface area contributed by atoms with Crippen molar-refractivity contribution >= 4 is 44.1 Å². The highest BCUT2D eigenvalue weighted by Gasteiger charge is 2.44. The van der Waals surface area contributed by atoms with E-state index in [2.05, 4.69) is 147 Å². The van der Waals surface area contributed by atoms with E-state index in [4.69, 9.17) is 9.41 Å². The van der Waals surface area contributed by atoms with Crippen LogP contribution in [0.25, 0.3) is 49.5 Å². The molecule has 7 aromatic rings. The molecule has 0 saturated heterocycles. The topological polar surface area (TPSA) is 37.5 Å². The van der Waals surface area contributed by atoms with Crippen LogP contribution in [0.4, 0.5) is 0 Å². The van der Waals surface area contributed by atoms with E-state index < -0.39 is 0 Å². The summed E-state index contributed by atoms with van der Waals surface area (Å²) < 4.78 is 6.42. The highest BCUT2D eigenvalue weighted by Crippen LogP contribution is 2.51. The minimum absolute atomic E-state index is 0.120. The average Bonchev–Trinajstić information content (AvgIpc) is 3.54. The summed E-state index contributed by atoms with van der Waals surface area (Å²) in [7, 11) is 0. The van der Waals surface area contributed by atoms with Crippen LogP contribution in [0.15, 0.2) is 143 Å². The van der Waals surface area contributed by atoms with E-state index in [1.807, 2.05) is 0 Å². The average molecular weight is 607 g/mol. The molecular formula is C44H34N2O. The Morgan fingerprint density at radius 3 is 2.28 bits per heavy atom. The van der Waals surface area contributed by atoms with Gasteiger partial charge in [0.15, 0.2) is 0 Å². The van der Waals surface area contributed by atoms with Crippen molar-refractivity contribution in [2.24, 2.45) is 4.99 Å². The summed E-state index contributed by atoms with van der Waals surface area (Å²) in [4.78, 5) is 5.80. The minimum atomic E-state index is -0.191. The first-order chi connectivity index (χ1) is 23.1. The zero-order valence-corrected chi connectivity index (χ0v) is 26.5. The van der Waals surface area contributed by atoms with Gasteiger partial charge in [-0.3, -0.25) is 4.99 Å². The van der Waals surface area contributed by atoms with Gasteiger partial charge in [-0.05, 0) is 75.2 Å². The molecule has 1 aliphatic heterocycles. The molecule has 1 aromatic heterocycles. The number of fused-ring (bicyclic) bond motifs is 9. The number of para-hydroxylation sites is 1. The lowest BCUT2D eigenvalue weighted by molar-refractivity contribution is 0.548. The molecule has 2 aliphatic carbocycles. The molecule has 0 radical (unpaired) electrons. The number of hydrogen-bond acceptors (Lipinski definition) is 3. The maximum absolute atomic E-state index is 6.42. The molecule has 10 rings (SSSR count). The van der Waals surface area contributed by atoms with E-state index in [0.717, 1.165) is 35.1 Å². The first-order valence-corrected chi connectivity index (χ1v) is 16.8.